The van der Waals surface area contributed by atoms with E-state index in [4.69, 9.17) is 9.47 Å². The van der Waals surface area contributed by atoms with E-state index in [-0.39, 0.29) is 12.1 Å². The highest BCUT2D eigenvalue weighted by atomic mass is 16.6. The summed E-state index contributed by atoms with van der Waals surface area (Å²) in [7, 11) is 0. The third-order valence-corrected chi connectivity index (χ3v) is 2.96. The predicted octanol–water partition coefficient (Wildman–Crippen LogP) is 3.07. The molecule has 4 nitrogen and oxygen atoms in total. The Morgan fingerprint density at radius 3 is 2.53 bits per heavy atom. The zero-order valence-corrected chi connectivity index (χ0v) is 11.8. The maximum atomic E-state index is 11.9. The van der Waals surface area contributed by atoms with E-state index in [9.17, 15) is 4.79 Å². The molecule has 0 aromatic heterocycles. The minimum absolute atomic E-state index is 0.120. The Balaban J connectivity index is 1.81. The first-order chi connectivity index (χ1) is 8.96. The molecular formula is C15H21NO3. The second-order valence-corrected chi connectivity index (χ2v) is 5.74. The normalized spacial score (nSPS) is 18.7. The van der Waals surface area contributed by atoms with E-state index in [0.29, 0.717) is 6.61 Å². The van der Waals surface area contributed by atoms with Crippen molar-refractivity contribution in [1.29, 1.82) is 0 Å². The van der Waals surface area contributed by atoms with Crippen LogP contribution in [0.15, 0.2) is 30.3 Å². The van der Waals surface area contributed by atoms with Gasteiger partial charge in [-0.1, -0.05) is 18.2 Å². The predicted molar refractivity (Wildman–Crippen MR) is 73.3 cm³/mol. The van der Waals surface area contributed by atoms with Gasteiger partial charge in [-0.3, -0.25) is 0 Å². The van der Waals surface area contributed by atoms with Gasteiger partial charge in [0, 0.05) is 6.54 Å². The van der Waals surface area contributed by atoms with Crippen LogP contribution in [-0.4, -0.2) is 35.8 Å². The Labute approximate surface area is 114 Å². The number of ether oxygens (including phenoxy) is 2. The molecule has 0 aliphatic carbocycles. The lowest BCUT2D eigenvalue weighted by Gasteiger charge is -2.41. The Bertz CT molecular complexity index is 425. The molecule has 0 N–H and O–H groups in total. The van der Waals surface area contributed by atoms with Gasteiger partial charge in [0.15, 0.2) is 0 Å². The molecule has 1 saturated heterocycles. The molecule has 1 aromatic rings. The number of hydrogen-bond donors (Lipinski definition) is 0. The molecule has 1 aliphatic heterocycles. The average Bonchev–Trinajstić information content (AvgIpc) is 2.26. The summed E-state index contributed by atoms with van der Waals surface area (Å²) in [6, 6.07) is 9.76. The van der Waals surface area contributed by atoms with Crippen LogP contribution in [0, 0.1) is 0 Å². The van der Waals surface area contributed by atoms with Gasteiger partial charge < -0.3 is 14.4 Å². The zero-order valence-electron chi connectivity index (χ0n) is 11.8. The first-order valence-electron chi connectivity index (χ1n) is 6.63. The number of benzene rings is 1. The fourth-order valence-electron chi connectivity index (χ4n) is 1.88. The summed E-state index contributed by atoms with van der Waals surface area (Å²) in [6.45, 7) is 6.89. The fourth-order valence-corrected chi connectivity index (χ4v) is 1.88. The first kappa shape index (κ1) is 13.7. The zero-order chi connectivity index (χ0) is 13.9. The van der Waals surface area contributed by atoms with Crippen molar-refractivity contribution in [3.8, 4) is 5.75 Å². The van der Waals surface area contributed by atoms with Gasteiger partial charge in [-0.15, -0.1) is 0 Å². The molecule has 1 aromatic carbocycles. The smallest absolute Gasteiger partial charge is 0.410 e. The molecule has 0 radical (unpaired) electrons. The summed E-state index contributed by atoms with van der Waals surface area (Å²) in [6.07, 6.45) is 0.715. The summed E-state index contributed by atoms with van der Waals surface area (Å²) < 4.78 is 11.0. The van der Waals surface area contributed by atoms with E-state index in [1.54, 1.807) is 4.90 Å². The lowest BCUT2D eigenvalue weighted by molar-refractivity contribution is -0.0141. The quantitative estimate of drug-likeness (QED) is 0.841. The summed E-state index contributed by atoms with van der Waals surface area (Å²) >= 11 is 0. The van der Waals surface area contributed by atoms with Crippen LogP contribution in [0.3, 0.4) is 0 Å². The van der Waals surface area contributed by atoms with Crippen LogP contribution in [0.2, 0.25) is 0 Å². The van der Waals surface area contributed by atoms with E-state index in [1.807, 2.05) is 51.1 Å². The monoisotopic (exact) mass is 263 g/mol. The Kier molecular flexibility index (Phi) is 3.98. The fraction of sp³-hybridized carbons (Fsp3) is 0.533. The van der Waals surface area contributed by atoms with Crippen LogP contribution >= 0.6 is 0 Å². The van der Waals surface area contributed by atoms with Crippen molar-refractivity contribution in [1.82, 2.24) is 4.90 Å². The van der Waals surface area contributed by atoms with E-state index in [1.165, 1.54) is 0 Å². The molecule has 1 atom stereocenters. The molecule has 0 spiro atoms. The number of likely N-dealkylation sites (tertiary alicyclic amines) is 1. The Hall–Kier alpha value is -1.71. The summed E-state index contributed by atoms with van der Waals surface area (Å²) in [5, 5.41) is 0. The third kappa shape index (κ3) is 3.88. The molecule has 104 valence electrons. The van der Waals surface area contributed by atoms with Crippen LogP contribution in [-0.2, 0) is 4.74 Å². The lowest BCUT2D eigenvalue weighted by atomic mass is 10.1. The molecule has 2 rings (SSSR count). The minimum atomic E-state index is -0.447. The average molecular weight is 263 g/mol. The summed E-state index contributed by atoms with van der Waals surface area (Å²) in [4.78, 5) is 13.6. The van der Waals surface area contributed by atoms with Gasteiger partial charge in [0.25, 0.3) is 0 Å². The van der Waals surface area contributed by atoms with Gasteiger partial charge in [0.2, 0.25) is 0 Å². The van der Waals surface area contributed by atoms with E-state index >= 15 is 0 Å². The lowest BCUT2D eigenvalue weighted by Crippen LogP contribution is -2.55. The SMILES string of the molecule is CC(C)(C)OC(=O)N1CC[C@H]1COc1ccccc1. The van der Waals surface area contributed by atoms with Crippen molar-refractivity contribution in [2.75, 3.05) is 13.2 Å². The number of nitrogens with zero attached hydrogens (tertiary/aromatic N) is 1. The van der Waals surface area contributed by atoms with Crippen molar-refractivity contribution >= 4 is 6.09 Å². The Morgan fingerprint density at radius 1 is 1.32 bits per heavy atom. The van der Waals surface area contributed by atoms with Crippen molar-refractivity contribution < 1.29 is 14.3 Å². The van der Waals surface area contributed by atoms with Crippen LogP contribution in [0.4, 0.5) is 4.79 Å². The Morgan fingerprint density at radius 2 is 2.00 bits per heavy atom. The van der Waals surface area contributed by atoms with Crippen molar-refractivity contribution in [3.05, 3.63) is 30.3 Å². The minimum Gasteiger partial charge on any atom is -0.491 e. The first-order valence-corrected chi connectivity index (χ1v) is 6.63. The molecule has 1 amide bonds. The molecule has 1 heterocycles. The second-order valence-electron chi connectivity index (χ2n) is 5.74. The van der Waals surface area contributed by atoms with E-state index < -0.39 is 5.60 Å². The van der Waals surface area contributed by atoms with Gasteiger partial charge >= 0.3 is 6.09 Å². The van der Waals surface area contributed by atoms with Crippen molar-refractivity contribution in [3.63, 3.8) is 0 Å². The number of carbonyl (C=O) groups excluding carboxylic acids is 1. The molecule has 0 unspecified atom stereocenters. The topological polar surface area (TPSA) is 38.8 Å². The highest BCUT2D eigenvalue weighted by Gasteiger charge is 2.35. The van der Waals surface area contributed by atoms with Crippen LogP contribution in [0.1, 0.15) is 27.2 Å². The van der Waals surface area contributed by atoms with Crippen molar-refractivity contribution in [2.24, 2.45) is 0 Å². The third-order valence-electron chi connectivity index (χ3n) is 2.96. The summed E-state index contributed by atoms with van der Waals surface area (Å²) in [5.74, 6) is 0.832. The van der Waals surface area contributed by atoms with Gasteiger partial charge in [0.1, 0.15) is 18.0 Å². The largest absolute Gasteiger partial charge is 0.491 e. The van der Waals surface area contributed by atoms with E-state index in [0.717, 1.165) is 18.7 Å². The van der Waals surface area contributed by atoms with Crippen LogP contribution < -0.4 is 4.74 Å². The van der Waals surface area contributed by atoms with Crippen molar-refractivity contribution in [2.45, 2.75) is 38.8 Å². The maximum absolute atomic E-state index is 11.9. The molecule has 0 bridgehead atoms. The standard InChI is InChI=1S/C15H21NO3/c1-15(2,3)19-14(17)16-10-9-12(16)11-18-13-7-5-4-6-8-13/h4-8,12H,9-11H2,1-3H3/t12-/m0/s1. The second kappa shape index (κ2) is 5.51. The van der Waals surface area contributed by atoms with Crippen LogP contribution in [0.5, 0.6) is 5.75 Å². The van der Waals surface area contributed by atoms with Crippen LogP contribution in [0.25, 0.3) is 0 Å². The maximum Gasteiger partial charge on any atom is 0.410 e. The molecule has 4 heteroatoms. The number of carbonyl (C=O) groups is 1. The van der Waals surface area contributed by atoms with E-state index in [2.05, 4.69) is 0 Å². The highest BCUT2D eigenvalue weighted by molar-refractivity contribution is 5.69. The summed E-state index contributed by atoms with van der Waals surface area (Å²) in [5.41, 5.74) is -0.447. The number of rotatable bonds is 3. The van der Waals surface area contributed by atoms with Gasteiger partial charge in [-0.2, -0.15) is 0 Å². The molecule has 1 fully saturated rings. The number of hydrogen-bond acceptors (Lipinski definition) is 3. The highest BCUT2D eigenvalue weighted by Crippen LogP contribution is 2.22. The van der Waals surface area contributed by atoms with Gasteiger partial charge in [0.05, 0.1) is 6.04 Å². The molecular weight excluding hydrogens is 242 g/mol. The molecule has 0 saturated carbocycles. The van der Waals surface area contributed by atoms with Gasteiger partial charge in [-0.25, -0.2) is 4.79 Å². The molecule has 1 aliphatic rings. The van der Waals surface area contributed by atoms with Gasteiger partial charge in [-0.05, 0) is 39.3 Å². The number of amides is 1. The molecule has 19 heavy (non-hydrogen) atoms. The number of para-hydroxylation sites is 1.